The van der Waals surface area contributed by atoms with E-state index in [9.17, 15) is 13.5 Å². The molecule has 1 N–H and O–H groups in total. The lowest BCUT2D eigenvalue weighted by Gasteiger charge is -2.38. The lowest BCUT2D eigenvalue weighted by Crippen LogP contribution is -2.47. The zero-order chi connectivity index (χ0) is 15.8. The number of hydrogen-bond acceptors (Lipinski definition) is 3. The van der Waals surface area contributed by atoms with Crippen LogP contribution >= 0.6 is 23.2 Å². The number of sulfonamides is 1. The summed E-state index contributed by atoms with van der Waals surface area (Å²) in [7, 11) is -3.74. The zero-order valence-corrected chi connectivity index (χ0v) is 14.3. The molecule has 4 nitrogen and oxygen atoms in total. The normalized spacial score (nSPS) is 24.2. The van der Waals surface area contributed by atoms with Crippen molar-refractivity contribution in [1.29, 1.82) is 0 Å². The molecule has 1 aromatic carbocycles. The van der Waals surface area contributed by atoms with Crippen LogP contribution in [0.2, 0.25) is 10.0 Å². The first kappa shape index (κ1) is 17.0. The molecule has 1 aliphatic heterocycles. The molecule has 1 saturated heterocycles. The van der Waals surface area contributed by atoms with E-state index in [0.29, 0.717) is 5.56 Å². The third kappa shape index (κ3) is 3.22. The summed E-state index contributed by atoms with van der Waals surface area (Å²) in [6.07, 6.45) is 2.67. The van der Waals surface area contributed by atoms with E-state index in [1.165, 1.54) is 16.4 Å². The van der Waals surface area contributed by atoms with Gasteiger partial charge in [0.1, 0.15) is 4.90 Å². The van der Waals surface area contributed by atoms with Crippen molar-refractivity contribution in [3.8, 4) is 0 Å². The topological polar surface area (TPSA) is 57.6 Å². The second kappa shape index (κ2) is 6.42. The molecule has 0 aliphatic carbocycles. The minimum Gasteiger partial charge on any atom is -0.392 e. The van der Waals surface area contributed by atoms with E-state index in [4.69, 9.17) is 23.2 Å². The van der Waals surface area contributed by atoms with Gasteiger partial charge in [-0.15, -0.1) is 0 Å². The second-order valence-electron chi connectivity index (χ2n) is 5.50. The molecule has 118 valence electrons. The first-order valence-corrected chi connectivity index (χ1v) is 9.11. The summed E-state index contributed by atoms with van der Waals surface area (Å²) in [6, 6.07) is 2.68. The molecule has 0 radical (unpaired) electrons. The Morgan fingerprint density at radius 2 is 1.81 bits per heavy atom. The lowest BCUT2D eigenvalue weighted by atomic mass is 10.0. The van der Waals surface area contributed by atoms with Crippen LogP contribution in [0.5, 0.6) is 0 Å². The smallest absolute Gasteiger partial charge is 0.245 e. The van der Waals surface area contributed by atoms with Crippen LogP contribution in [-0.2, 0) is 16.6 Å². The number of halogens is 2. The Bertz CT molecular complexity index is 623. The van der Waals surface area contributed by atoms with Gasteiger partial charge in [0, 0.05) is 17.1 Å². The number of aliphatic hydroxyl groups is 1. The Morgan fingerprint density at radius 3 is 2.33 bits per heavy atom. The quantitative estimate of drug-likeness (QED) is 0.907. The minimum atomic E-state index is -3.74. The van der Waals surface area contributed by atoms with Gasteiger partial charge in [0.15, 0.2) is 0 Å². The van der Waals surface area contributed by atoms with Gasteiger partial charge in [-0.1, -0.05) is 29.6 Å². The molecule has 1 heterocycles. The predicted molar refractivity (Wildman–Crippen MR) is 84.2 cm³/mol. The largest absolute Gasteiger partial charge is 0.392 e. The highest BCUT2D eigenvalue weighted by molar-refractivity contribution is 7.89. The molecule has 1 aliphatic rings. The van der Waals surface area contributed by atoms with Gasteiger partial charge in [-0.25, -0.2) is 8.42 Å². The van der Waals surface area contributed by atoms with E-state index in [0.717, 1.165) is 19.3 Å². The number of benzene rings is 1. The van der Waals surface area contributed by atoms with E-state index < -0.39 is 10.0 Å². The average molecular weight is 352 g/mol. The van der Waals surface area contributed by atoms with Crippen molar-refractivity contribution in [1.82, 2.24) is 4.31 Å². The van der Waals surface area contributed by atoms with Gasteiger partial charge in [-0.2, -0.15) is 4.31 Å². The zero-order valence-electron chi connectivity index (χ0n) is 12.0. The van der Waals surface area contributed by atoms with E-state index in [1.807, 2.05) is 13.8 Å². The van der Waals surface area contributed by atoms with E-state index >= 15 is 0 Å². The fourth-order valence-corrected chi connectivity index (χ4v) is 5.69. The van der Waals surface area contributed by atoms with Crippen molar-refractivity contribution in [3.63, 3.8) is 0 Å². The number of hydrogen-bond donors (Lipinski definition) is 1. The van der Waals surface area contributed by atoms with E-state index in [1.54, 1.807) is 0 Å². The van der Waals surface area contributed by atoms with Gasteiger partial charge in [0.25, 0.3) is 0 Å². The number of nitrogens with zero attached hydrogens (tertiary/aromatic N) is 1. The fraction of sp³-hybridized carbons (Fsp3) is 0.571. The molecular weight excluding hydrogens is 333 g/mol. The molecule has 1 aromatic rings. The fourth-order valence-electron chi connectivity index (χ4n) is 2.91. The van der Waals surface area contributed by atoms with Crippen molar-refractivity contribution in [2.24, 2.45) is 0 Å². The first-order valence-electron chi connectivity index (χ1n) is 6.91. The molecular formula is C14H19Cl2NO3S. The summed E-state index contributed by atoms with van der Waals surface area (Å²) in [5, 5.41) is 9.59. The highest BCUT2D eigenvalue weighted by Gasteiger charge is 2.37. The van der Waals surface area contributed by atoms with Crippen LogP contribution < -0.4 is 0 Å². The van der Waals surface area contributed by atoms with Crippen LogP contribution in [0.1, 0.15) is 38.7 Å². The Balaban J connectivity index is 2.56. The molecule has 0 amide bonds. The van der Waals surface area contributed by atoms with Gasteiger partial charge in [-0.05, 0) is 44.4 Å². The maximum Gasteiger partial charge on any atom is 0.245 e. The Hall–Kier alpha value is -0.330. The summed E-state index contributed by atoms with van der Waals surface area (Å²) in [4.78, 5) is -0.0266. The molecule has 7 heteroatoms. The molecule has 0 bridgehead atoms. The van der Waals surface area contributed by atoms with Gasteiger partial charge in [-0.3, -0.25) is 0 Å². The molecule has 0 aromatic heterocycles. The molecule has 0 saturated carbocycles. The van der Waals surface area contributed by atoms with Crippen LogP contribution in [0, 0.1) is 0 Å². The van der Waals surface area contributed by atoms with Crippen LogP contribution in [-0.4, -0.2) is 29.9 Å². The van der Waals surface area contributed by atoms with Crippen molar-refractivity contribution in [2.75, 3.05) is 0 Å². The molecule has 21 heavy (non-hydrogen) atoms. The number of rotatable bonds is 3. The molecule has 1 fully saturated rings. The third-order valence-electron chi connectivity index (χ3n) is 3.92. The predicted octanol–water partition coefficient (Wildman–Crippen LogP) is 3.44. The average Bonchev–Trinajstić information content (AvgIpc) is 2.40. The van der Waals surface area contributed by atoms with Crippen LogP contribution in [0.3, 0.4) is 0 Å². The van der Waals surface area contributed by atoms with E-state index in [-0.39, 0.29) is 33.6 Å². The van der Waals surface area contributed by atoms with Gasteiger partial charge < -0.3 is 5.11 Å². The van der Waals surface area contributed by atoms with Gasteiger partial charge in [0.2, 0.25) is 10.0 Å². The Kier molecular flexibility index (Phi) is 5.21. The van der Waals surface area contributed by atoms with Crippen molar-refractivity contribution in [3.05, 3.63) is 27.7 Å². The Labute approximate surface area is 135 Å². The maximum absolute atomic E-state index is 13.0. The van der Waals surface area contributed by atoms with Crippen LogP contribution in [0.4, 0.5) is 0 Å². The molecule has 2 rings (SSSR count). The van der Waals surface area contributed by atoms with Gasteiger partial charge >= 0.3 is 0 Å². The Morgan fingerprint density at radius 1 is 1.24 bits per heavy atom. The second-order valence-corrected chi connectivity index (χ2v) is 8.13. The van der Waals surface area contributed by atoms with Crippen molar-refractivity contribution >= 4 is 33.2 Å². The minimum absolute atomic E-state index is 0.0266. The lowest BCUT2D eigenvalue weighted by molar-refractivity contribution is 0.204. The third-order valence-corrected chi connectivity index (χ3v) is 6.85. The van der Waals surface area contributed by atoms with Crippen molar-refractivity contribution in [2.45, 2.75) is 56.7 Å². The highest BCUT2D eigenvalue weighted by Crippen LogP contribution is 2.35. The summed E-state index contributed by atoms with van der Waals surface area (Å²) in [5.74, 6) is 0. The summed E-state index contributed by atoms with van der Waals surface area (Å²) in [6.45, 7) is 3.45. The maximum atomic E-state index is 13.0. The van der Waals surface area contributed by atoms with E-state index in [2.05, 4.69) is 0 Å². The monoisotopic (exact) mass is 351 g/mol. The molecule has 0 unspecified atom stereocenters. The summed E-state index contributed by atoms with van der Waals surface area (Å²) < 4.78 is 27.4. The van der Waals surface area contributed by atoms with Crippen LogP contribution in [0.15, 0.2) is 17.0 Å². The molecule has 2 atom stereocenters. The summed E-state index contributed by atoms with van der Waals surface area (Å²) >= 11 is 12.1. The SMILES string of the molecule is C[C@@H]1CCC[C@H](C)N1S(=O)(=O)c1cc(Cl)cc(CO)c1Cl. The number of piperidine rings is 1. The highest BCUT2D eigenvalue weighted by atomic mass is 35.5. The first-order chi connectivity index (χ1) is 9.78. The standard InChI is InChI=1S/C14H19Cl2NO3S/c1-9-4-3-5-10(2)17(9)21(19,20)13-7-12(15)6-11(8-18)14(13)16/h6-7,9-10,18H,3-5,8H2,1-2H3/t9-,10+. The summed E-state index contributed by atoms with van der Waals surface area (Å²) in [5.41, 5.74) is 0.319. The van der Waals surface area contributed by atoms with Gasteiger partial charge in [0.05, 0.1) is 11.6 Å². The molecule has 0 spiro atoms. The van der Waals surface area contributed by atoms with Crippen molar-refractivity contribution < 1.29 is 13.5 Å². The number of aliphatic hydroxyl groups excluding tert-OH is 1. The van der Waals surface area contributed by atoms with Crippen LogP contribution in [0.25, 0.3) is 0 Å².